The van der Waals surface area contributed by atoms with E-state index in [0.29, 0.717) is 5.92 Å². The highest BCUT2D eigenvalue weighted by Crippen LogP contribution is 2.17. The van der Waals surface area contributed by atoms with Gasteiger partial charge in [-0.2, -0.15) is 0 Å². The van der Waals surface area contributed by atoms with Crippen molar-refractivity contribution in [2.75, 3.05) is 6.54 Å². The van der Waals surface area contributed by atoms with Crippen molar-refractivity contribution in [3.8, 4) is 0 Å². The average molecular weight is 171 g/mol. The molecule has 1 aliphatic heterocycles. The first-order chi connectivity index (χ1) is 5.68. The summed E-state index contributed by atoms with van der Waals surface area (Å²) in [4.78, 5) is 10.7. The summed E-state index contributed by atoms with van der Waals surface area (Å²) in [6, 6.07) is 0. The fourth-order valence-corrected chi connectivity index (χ4v) is 1.50. The van der Waals surface area contributed by atoms with Crippen molar-refractivity contribution >= 4 is 5.91 Å². The quantitative estimate of drug-likeness (QED) is 0.678. The lowest BCUT2D eigenvalue weighted by molar-refractivity contribution is -0.119. The molecule has 2 heteroatoms. The highest BCUT2D eigenvalue weighted by atomic mass is 16.1. The maximum absolute atomic E-state index is 10.7. The lowest BCUT2D eigenvalue weighted by Crippen LogP contribution is -2.14. The Labute approximate surface area is 75.7 Å². The molecule has 2 nitrogen and oxygen atoms in total. The third-order valence-electron chi connectivity index (χ3n) is 1.87. The van der Waals surface area contributed by atoms with Crippen LogP contribution in [0.1, 0.15) is 40.5 Å². The molecule has 1 aliphatic rings. The predicted octanol–water partition coefficient (Wildman–Crippen LogP) is 2.19. The molecule has 72 valence electrons. The third kappa shape index (κ3) is 4.37. The summed E-state index contributed by atoms with van der Waals surface area (Å²) in [7, 11) is 0. The molecular formula is C10H21NO. The second-order valence-electron chi connectivity index (χ2n) is 3.50. The monoisotopic (exact) mass is 171 g/mol. The second kappa shape index (κ2) is 6.04. The van der Waals surface area contributed by atoms with Crippen LogP contribution in [0.2, 0.25) is 0 Å². The van der Waals surface area contributed by atoms with Gasteiger partial charge in [-0.05, 0) is 18.3 Å². The summed E-state index contributed by atoms with van der Waals surface area (Å²) >= 11 is 0. The molecule has 0 aromatic heterocycles. The SMILES string of the molecule is CC.CC(C)CC1CNC(=O)C1. The molecule has 1 N–H and O–H groups in total. The van der Waals surface area contributed by atoms with Gasteiger partial charge in [-0.3, -0.25) is 4.79 Å². The van der Waals surface area contributed by atoms with E-state index in [9.17, 15) is 4.79 Å². The number of rotatable bonds is 2. The summed E-state index contributed by atoms with van der Waals surface area (Å²) in [6.45, 7) is 9.29. The molecule has 1 rings (SSSR count). The Morgan fingerprint density at radius 2 is 2.08 bits per heavy atom. The van der Waals surface area contributed by atoms with Crippen LogP contribution in [-0.2, 0) is 4.79 Å². The van der Waals surface area contributed by atoms with Gasteiger partial charge in [0.25, 0.3) is 0 Å². The number of amides is 1. The molecule has 0 aliphatic carbocycles. The van der Waals surface area contributed by atoms with Crippen LogP contribution in [0, 0.1) is 11.8 Å². The molecule has 1 heterocycles. The molecule has 0 aromatic rings. The average Bonchev–Trinajstić information content (AvgIpc) is 2.39. The molecular weight excluding hydrogens is 150 g/mol. The van der Waals surface area contributed by atoms with Crippen molar-refractivity contribution in [1.82, 2.24) is 5.32 Å². The van der Waals surface area contributed by atoms with Gasteiger partial charge >= 0.3 is 0 Å². The normalized spacial score (nSPS) is 21.8. The van der Waals surface area contributed by atoms with Gasteiger partial charge in [-0.25, -0.2) is 0 Å². The van der Waals surface area contributed by atoms with Crippen molar-refractivity contribution in [3.63, 3.8) is 0 Å². The van der Waals surface area contributed by atoms with Crippen LogP contribution in [-0.4, -0.2) is 12.5 Å². The Morgan fingerprint density at radius 1 is 1.50 bits per heavy atom. The first kappa shape index (κ1) is 11.5. The zero-order valence-corrected chi connectivity index (χ0v) is 8.68. The smallest absolute Gasteiger partial charge is 0.220 e. The molecule has 1 saturated heterocycles. The summed E-state index contributed by atoms with van der Waals surface area (Å²) in [6.07, 6.45) is 1.93. The van der Waals surface area contributed by atoms with Gasteiger partial charge in [-0.15, -0.1) is 0 Å². The number of hydrogen-bond donors (Lipinski definition) is 1. The predicted molar refractivity (Wildman–Crippen MR) is 51.9 cm³/mol. The number of hydrogen-bond acceptors (Lipinski definition) is 1. The molecule has 0 aromatic carbocycles. The Kier molecular flexibility index (Phi) is 5.77. The van der Waals surface area contributed by atoms with Crippen molar-refractivity contribution in [1.29, 1.82) is 0 Å². The van der Waals surface area contributed by atoms with E-state index < -0.39 is 0 Å². The zero-order valence-electron chi connectivity index (χ0n) is 8.68. The molecule has 0 spiro atoms. The topological polar surface area (TPSA) is 29.1 Å². The summed E-state index contributed by atoms with van der Waals surface area (Å²) in [5.74, 6) is 1.55. The van der Waals surface area contributed by atoms with Crippen LogP contribution in [0.3, 0.4) is 0 Å². The molecule has 1 unspecified atom stereocenters. The summed E-state index contributed by atoms with van der Waals surface area (Å²) in [5, 5.41) is 2.84. The van der Waals surface area contributed by atoms with Gasteiger partial charge in [0.1, 0.15) is 0 Å². The minimum absolute atomic E-state index is 0.227. The van der Waals surface area contributed by atoms with Crippen molar-refractivity contribution < 1.29 is 4.79 Å². The van der Waals surface area contributed by atoms with Crippen molar-refractivity contribution in [3.05, 3.63) is 0 Å². The Balaban J connectivity index is 0.000000561. The van der Waals surface area contributed by atoms with Crippen molar-refractivity contribution in [2.45, 2.75) is 40.5 Å². The van der Waals surface area contributed by atoms with E-state index in [0.717, 1.165) is 18.9 Å². The van der Waals surface area contributed by atoms with Gasteiger partial charge < -0.3 is 5.32 Å². The van der Waals surface area contributed by atoms with Crippen LogP contribution in [0.15, 0.2) is 0 Å². The number of carbonyl (C=O) groups excluding carboxylic acids is 1. The molecule has 12 heavy (non-hydrogen) atoms. The van der Waals surface area contributed by atoms with Crippen molar-refractivity contribution in [2.24, 2.45) is 11.8 Å². The van der Waals surface area contributed by atoms with E-state index in [1.165, 1.54) is 6.42 Å². The standard InChI is InChI=1S/C8H15NO.C2H6/c1-6(2)3-7-4-8(10)9-5-7;1-2/h6-7H,3-5H2,1-2H3,(H,9,10);1-2H3. The fourth-order valence-electron chi connectivity index (χ4n) is 1.50. The van der Waals surface area contributed by atoms with E-state index in [1.54, 1.807) is 0 Å². The van der Waals surface area contributed by atoms with Gasteiger partial charge in [0.15, 0.2) is 0 Å². The third-order valence-corrected chi connectivity index (χ3v) is 1.87. The van der Waals surface area contributed by atoms with Crippen LogP contribution in [0.25, 0.3) is 0 Å². The van der Waals surface area contributed by atoms with Crippen LogP contribution < -0.4 is 5.32 Å². The first-order valence-electron chi connectivity index (χ1n) is 4.95. The van der Waals surface area contributed by atoms with E-state index in [2.05, 4.69) is 19.2 Å². The van der Waals surface area contributed by atoms with E-state index >= 15 is 0 Å². The molecule has 0 radical (unpaired) electrons. The minimum atomic E-state index is 0.227. The van der Waals surface area contributed by atoms with Crippen LogP contribution in [0.4, 0.5) is 0 Å². The Bertz CT molecular complexity index is 132. The lowest BCUT2D eigenvalue weighted by Gasteiger charge is -2.08. The summed E-state index contributed by atoms with van der Waals surface area (Å²) < 4.78 is 0. The Hall–Kier alpha value is -0.530. The van der Waals surface area contributed by atoms with Gasteiger partial charge in [0, 0.05) is 13.0 Å². The maximum atomic E-state index is 10.7. The molecule has 1 amide bonds. The molecule has 0 bridgehead atoms. The van der Waals surface area contributed by atoms with E-state index in [-0.39, 0.29) is 5.91 Å². The van der Waals surface area contributed by atoms with Gasteiger partial charge in [-0.1, -0.05) is 27.7 Å². The number of nitrogens with one attached hydrogen (secondary N) is 1. The van der Waals surface area contributed by atoms with E-state index in [4.69, 9.17) is 0 Å². The zero-order chi connectivity index (χ0) is 9.56. The maximum Gasteiger partial charge on any atom is 0.220 e. The largest absolute Gasteiger partial charge is 0.356 e. The Morgan fingerprint density at radius 3 is 2.42 bits per heavy atom. The summed E-state index contributed by atoms with van der Waals surface area (Å²) in [5.41, 5.74) is 0. The molecule has 1 fully saturated rings. The number of carbonyl (C=O) groups is 1. The fraction of sp³-hybridized carbons (Fsp3) is 0.900. The molecule has 0 saturated carbocycles. The molecule has 1 atom stereocenters. The van der Waals surface area contributed by atoms with Gasteiger partial charge in [0.05, 0.1) is 0 Å². The first-order valence-corrected chi connectivity index (χ1v) is 4.95. The lowest BCUT2D eigenvalue weighted by atomic mass is 9.97. The highest BCUT2D eigenvalue weighted by molar-refractivity contribution is 5.78. The van der Waals surface area contributed by atoms with E-state index in [1.807, 2.05) is 13.8 Å². The van der Waals surface area contributed by atoms with Crippen LogP contribution in [0.5, 0.6) is 0 Å². The minimum Gasteiger partial charge on any atom is -0.356 e. The second-order valence-corrected chi connectivity index (χ2v) is 3.50. The van der Waals surface area contributed by atoms with Crippen LogP contribution >= 0.6 is 0 Å². The highest BCUT2D eigenvalue weighted by Gasteiger charge is 2.21. The van der Waals surface area contributed by atoms with Gasteiger partial charge in [0.2, 0.25) is 5.91 Å².